The van der Waals surface area contributed by atoms with Gasteiger partial charge in [-0.2, -0.15) is 0 Å². The monoisotopic (exact) mass is 270 g/mol. The van der Waals surface area contributed by atoms with Crippen LogP contribution in [0.2, 0.25) is 0 Å². The number of non-ortho nitro benzene ring substituents is 1. The normalized spacial score (nSPS) is 10.6. The third kappa shape index (κ3) is 3.05. The second kappa shape index (κ2) is 5.75. The third-order valence-electron chi connectivity index (χ3n) is 2.69. The lowest BCUT2D eigenvalue weighted by Crippen LogP contribution is -1.90. The van der Waals surface area contributed by atoms with E-state index in [0.29, 0.717) is 5.56 Å². The quantitative estimate of drug-likeness (QED) is 0.481. The van der Waals surface area contributed by atoms with Crippen molar-refractivity contribution in [2.45, 2.75) is 0 Å². The van der Waals surface area contributed by atoms with E-state index in [4.69, 9.17) is 0 Å². The van der Waals surface area contributed by atoms with Crippen LogP contribution in [0.15, 0.2) is 48.5 Å². The van der Waals surface area contributed by atoms with Gasteiger partial charge in [0.05, 0.1) is 15.4 Å². The summed E-state index contributed by atoms with van der Waals surface area (Å²) in [5.74, 6) is 0. The van der Waals surface area contributed by atoms with Gasteiger partial charge in [-0.25, -0.2) is 0 Å². The van der Waals surface area contributed by atoms with Crippen LogP contribution in [0.5, 0.6) is 0 Å². The van der Waals surface area contributed by atoms with Gasteiger partial charge in [-0.15, -0.1) is 0 Å². The largest absolute Gasteiger partial charge is 0.276 e. The SMILES string of the molecule is O=[N+]([O-])c1ccc(/C=C/c2ccccc2[N+](=O)[O-])cc1. The number of hydrogen-bond acceptors (Lipinski definition) is 4. The molecule has 0 aliphatic rings. The van der Waals surface area contributed by atoms with E-state index in [0.717, 1.165) is 5.56 Å². The topological polar surface area (TPSA) is 86.3 Å². The maximum Gasteiger partial charge on any atom is 0.276 e. The molecule has 2 rings (SSSR count). The Balaban J connectivity index is 2.25. The molecule has 100 valence electrons. The Bertz CT molecular complexity index is 678. The van der Waals surface area contributed by atoms with Gasteiger partial charge in [0.2, 0.25) is 0 Å². The molecule has 0 heterocycles. The minimum Gasteiger partial charge on any atom is -0.258 e. The highest BCUT2D eigenvalue weighted by molar-refractivity contribution is 5.74. The maximum atomic E-state index is 10.8. The molecule has 0 radical (unpaired) electrons. The molecule has 0 N–H and O–H groups in total. The summed E-state index contributed by atoms with van der Waals surface area (Å²) in [4.78, 5) is 20.4. The van der Waals surface area contributed by atoms with Crippen LogP contribution in [0.1, 0.15) is 11.1 Å². The molecule has 2 aromatic rings. The molecular weight excluding hydrogens is 260 g/mol. The molecule has 0 aliphatic carbocycles. The number of nitro groups is 2. The smallest absolute Gasteiger partial charge is 0.258 e. The molecule has 0 saturated carbocycles. The van der Waals surface area contributed by atoms with E-state index in [1.807, 2.05) is 0 Å². The Kier molecular flexibility index (Phi) is 3.85. The molecule has 0 unspecified atom stereocenters. The second-order valence-electron chi connectivity index (χ2n) is 4.00. The first-order valence-corrected chi connectivity index (χ1v) is 5.74. The van der Waals surface area contributed by atoms with Gasteiger partial charge in [0.1, 0.15) is 0 Å². The lowest BCUT2D eigenvalue weighted by atomic mass is 10.1. The predicted octanol–water partition coefficient (Wildman–Crippen LogP) is 3.67. The van der Waals surface area contributed by atoms with E-state index in [1.165, 1.54) is 18.2 Å². The van der Waals surface area contributed by atoms with Crippen molar-refractivity contribution >= 4 is 23.5 Å². The summed E-state index contributed by atoms with van der Waals surface area (Å²) in [5, 5.41) is 21.4. The highest BCUT2D eigenvalue weighted by Crippen LogP contribution is 2.21. The summed E-state index contributed by atoms with van der Waals surface area (Å²) in [7, 11) is 0. The molecule has 0 aliphatic heterocycles. The number of para-hydroxylation sites is 1. The molecule has 0 atom stereocenters. The highest BCUT2D eigenvalue weighted by atomic mass is 16.6. The van der Waals surface area contributed by atoms with Gasteiger partial charge in [0.15, 0.2) is 0 Å². The molecule has 0 bridgehead atoms. The molecule has 0 spiro atoms. The first-order valence-electron chi connectivity index (χ1n) is 5.74. The van der Waals surface area contributed by atoms with Gasteiger partial charge < -0.3 is 0 Å². The standard InChI is InChI=1S/C14H10N2O4/c17-15(18)13-9-6-11(7-10-13)5-8-12-3-1-2-4-14(12)16(19)20/h1-10H/b8-5+. The fourth-order valence-electron chi connectivity index (χ4n) is 1.69. The molecule has 0 saturated heterocycles. The van der Waals surface area contributed by atoms with Crippen LogP contribution in [0, 0.1) is 20.2 Å². The summed E-state index contributed by atoms with van der Waals surface area (Å²) in [6.45, 7) is 0. The second-order valence-corrected chi connectivity index (χ2v) is 4.00. The number of nitro benzene ring substituents is 2. The van der Waals surface area contributed by atoms with Gasteiger partial charge >= 0.3 is 0 Å². The average Bonchev–Trinajstić information content (AvgIpc) is 2.45. The minimum atomic E-state index is -0.477. The number of nitrogens with zero attached hydrogens (tertiary/aromatic N) is 2. The third-order valence-corrected chi connectivity index (χ3v) is 2.69. The van der Waals surface area contributed by atoms with Gasteiger partial charge in [0, 0.05) is 18.2 Å². The first-order chi connectivity index (χ1) is 9.58. The molecule has 0 amide bonds. The average molecular weight is 270 g/mol. The highest BCUT2D eigenvalue weighted by Gasteiger charge is 2.09. The van der Waals surface area contributed by atoms with Crippen LogP contribution in [0.25, 0.3) is 12.2 Å². The van der Waals surface area contributed by atoms with Crippen LogP contribution in [-0.2, 0) is 0 Å². The van der Waals surface area contributed by atoms with E-state index < -0.39 is 9.85 Å². The predicted molar refractivity (Wildman–Crippen MR) is 75.1 cm³/mol. The lowest BCUT2D eigenvalue weighted by molar-refractivity contribution is -0.385. The first kappa shape index (κ1) is 13.4. The van der Waals surface area contributed by atoms with E-state index in [2.05, 4.69) is 0 Å². The van der Waals surface area contributed by atoms with E-state index in [-0.39, 0.29) is 11.4 Å². The van der Waals surface area contributed by atoms with Crippen molar-refractivity contribution in [2.24, 2.45) is 0 Å². The van der Waals surface area contributed by atoms with Crippen LogP contribution in [0.3, 0.4) is 0 Å². The van der Waals surface area contributed by atoms with Crippen LogP contribution in [0.4, 0.5) is 11.4 Å². The van der Waals surface area contributed by atoms with Crippen molar-refractivity contribution in [3.63, 3.8) is 0 Å². The Morgan fingerprint density at radius 3 is 2.05 bits per heavy atom. The van der Waals surface area contributed by atoms with Crippen molar-refractivity contribution in [3.05, 3.63) is 79.9 Å². The Morgan fingerprint density at radius 1 is 0.800 bits per heavy atom. The van der Waals surface area contributed by atoms with E-state index >= 15 is 0 Å². The minimum absolute atomic E-state index is 0.00726. The van der Waals surface area contributed by atoms with Crippen molar-refractivity contribution < 1.29 is 9.85 Å². The van der Waals surface area contributed by atoms with Gasteiger partial charge in [0.25, 0.3) is 11.4 Å². The van der Waals surface area contributed by atoms with Crippen LogP contribution >= 0.6 is 0 Å². The summed E-state index contributed by atoms with van der Waals surface area (Å²) < 4.78 is 0. The molecular formula is C14H10N2O4. The summed E-state index contributed by atoms with van der Waals surface area (Å²) >= 11 is 0. The van der Waals surface area contributed by atoms with Crippen molar-refractivity contribution in [1.29, 1.82) is 0 Å². The molecule has 2 aromatic carbocycles. The summed E-state index contributed by atoms with van der Waals surface area (Å²) in [6.07, 6.45) is 3.28. The molecule has 0 aromatic heterocycles. The Labute approximate surface area is 114 Å². The molecule has 20 heavy (non-hydrogen) atoms. The number of rotatable bonds is 4. The molecule has 6 heteroatoms. The van der Waals surface area contributed by atoms with Crippen LogP contribution < -0.4 is 0 Å². The maximum absolute atomic E-state index is 10.8. The number of benzene rings is 2. The van der Waals surface area contributed by atoms with Gasteiger partial charge in [-0.3, -0.25) is 20.2 Å². The van der Waals surface area contributed by atoms with Crippen molar-refractivity contribution in [3.8, 4) is 0 Å². The van der Waals surface area contributed by atoms with Crippen LogP contribution in [-0.4, -0.2) is 9.85 Å². The fraction of sp³-hybridized carbons (Fsp3) is 0. The van der Waals surface area contributed by atoms with Gasteiger partial charge in [-0.1, -0.05) is 18.2 Å². The fourth-order valence-corrected chi connectivity index (χ4v) is 1.69. The Hall–Kier alpha value is -3.02. The van der Waals surface area contributed by atoms with E-state index in [9.17, 15) is 20.2 Å². The van der Waals surface area contributed by atoms with Gasteiger partial charge in [-0.05, 0) is 29.8 Å². The molecule has 6 nitrogen and oxygen atoms in total. The zero-order valence-corrected chi connectivity index (χ0v) is 10.3. The summed E-state index contributed by atoms with van der Waals surface area (Å²) in [5.41, 5.74) is 1.24. The Morgan fingerprint density at radius 2 is 1.45 bits per heavy atom. The van der Waals surface area contributed by atoms with E-state index in [1.54, 1.807) is 42.5 Å². The zero-order chi connectivity index (χ0) is 14.5. The lowest BCUT2D eigenvalue weighted by Gasteiger charge is -1.97. The zero-order valence-electron chi connectivity index (χ0n) is 10.3. The summed E-state index contributed by atoms with van der Waals surface area (Å²) in [6, 6.07) is 12.3. The van der Waals surface area contributed by atoms with Crippen molar-refractivity contribution in [2.75, 3.05) is 0 Å². The van der Waals surface area contributed by atoms with Crippen molar-refractivity contribution in [1.82, 2.24) is 0 Å². The number of hydrogen-bond donors (Lipinski definition) is 0. The molecule has 0 fully saturated rings.